The molecular formula is C17H14ClN5O3S. The van der Waals surface area contributed by atoms with Crippen molar-refractivity contribution in [1.82, 2.24) is 20.4 Å². The van der Waals surface area contributed by atoms with Gasteiger partial charge in [-0.25, -0.2) is 10.4 Å². The van der Waals surface area contributed by atoms with Gasteiger partial charge in [0.15, 0.2) is 4.77 Å². The van der Waals surface area contributed by atoms with Crippen LogP contribution in [-0.2, 0) is 11.2 Å². The maximum Gasteiger partial charge on any atom is 0.251 e. The number of nitrogens with zero attached hydrogens (tertiary/aromatic N) is 2. The van der Waals surface area contributed by atoms with Crippen LogP contribution in [0.3, 0.4) is 0 Å². The van der Waals surface area contributed by atoms with E-state index < -0.39 is 5.91 Å². The lowest BCUT2D eigenvalue weighted by Gasteiger charge is -2.05. The van der Waals surface area contributed by atoms with Crippen molar-refractivity contribution < 1.29 is 9.53 Å². The van der Waals surface area contributed by atoms with E-state index in [0.29, 0.717) is 22.5 Å². The summed E-state index contributed by atoms with van der Waals surface area (Å²) < 4.78 is 5.34. The number of benzene rings is 1. The minimum Gasteiger partial charge on any atom is -0.497 e. The highest BCUT2D eigenvalue weighted by Crippen LogP contribution is 2.23. The third kappa shape index (κ3) is 4.78. The molecule has 0 saturated carbocycles. The average molecular weight is 404 g/mol. The number of hydrogen-bond acceptors (Lipinski definition) is 6. The van der Waals surface area contributed by atoms with E-state index in [1.54, 1.807) is 25.3 Å². The van der Waals surface area contributed by atoms with Crippen LogP contribution in [0.4, 0.5) is 0 Å². The Balaban J connectivity index is 1.73. The molecule has 0 spiro atoms. The van der Waals surface area contributed by atoms with Crippen LogP contribution in [0.5, 0.6) is 5.75 Å². The van der Waals surface area contributed by atoms with Gasteiger partial charge in [0.2, 0.25) is 5.91 Å². The fourth-order valence-corrected chi connectivity index (χ4v) is 2.79. The van der Waals surface area contributed by atoms with Crippen LogP contribution in [0, 0.1) is 4.77 Å². The molecule has 2 aromatic heterocycles. The van der Waals surface area contributed by atoms with Crippen molar-refractivity contribution in [3.05, 3.63) is 61.9 Å². The molecule has 0 atom stereocenters. The highest BCUT2D eigenvalue weighted by atomic mass is 35.5. The molecule has 1 aromatic carbocycles. The summed E-state index contributed by atoms with van der Waals surface area (Å²) in [7, 11) is 1.58. The summed E-state index contributed by atoms with van der Waals surface area (Å²) in [5.74, 6) is 0.270. The van der Waals surface area contributed by atoms with Crippen LogP contribution >= 0.6 is 23.8 Å². The summed E-state index contributed by atoms with van der Waals surface area (Å²) in [6, 6.07) is 8.46. The van der Waals surface area contributed by atoms with E-state index in [0.717, 1.165) is 5.39 Å². The number of methoxy groups -OCH3 is 1. The largest absolute Gasteiger partial charge is 0.497 e. The smallest absolute Gasteiger partial charge is 0.251 e. The van der Waals surface area contributed by atoms with E-state index in [1.807, 2.05) is 6.07 Å². The SMILES string of the molecule is COc1ccc2nc(Cl)c(/C=N\NC(=O)Cc3cc(=O)[nH]c(=S)[nH]3)cc2c1. The zero-order chi connectivity index (χ0) is 19.4. The van der Waals surface area contributed by atoms with Gasteiger partial charge in [0.1, 0.15) is 10.9 Å². The van der Waals surface area contributed by atoms with Crippen LogP contribution < -0.4 is 15.7 Å². The molecule has 0 aliphatic rings. The molecule has 3 N–H and O–H groups in total. The monoisotopic (exact) mass is 403 g/mol. The number of aromatic nitrogens is 3. The van der Waals surface area contributed by atoms with Crippen LogP contribution in [0.2, 0.25) is 5.15 Å². The third-order valence-corrected chi connectivity index (χ3v) is 4.07. The number of carbonyl (C=O) groups is 1. The number of halogens is 1. The van der Waals surface area contributed by atoms with Crippen molar-refractivity contribution in [2.24, 2.45) is 5.10 Å². The van der Waals surface area contributed by atoms with E-state index in [1.165, 1.54) is 12.3 Å². The molecule has 0 bridgehead atoms. The number of hydrazone groups is 1. The molecule has 138 valence electrons. The summed E-state index contributed by atoms with van der Waals surface area (Å²) in [6.45, 7) is 0. The van der Waals surface area contributed by atoms with Gasteiger partial charge in [0.05, 0.1) is 25.3 Å². The Bertz CT molecular complexity index is 1130. The third-order valence-electron chi connectivity index (χ3n) is 3.56. The highest BCUT2D eigenvalue weighted by molar-refractivity contribution is 7.71. The van der Waals surface area contributed by atoms with Crippen molar-refractivity contribution in [3.8, 4) is 5.75 Å². The molecule has 3 rings (SSSR count). The zero-order valence-corrected chi connectivity index (χ0v) is 15.6. The maximum absolute atomic E-state index is 11.9. The van der Waals surface area contributed by atoms with Crippen LogP contribution in [0.15, 0.2) is 40.2 Å². The molecule has 8 nitrogen and oxygen atoms in total. The fourth-order valence-electron chi connectivity index (χ4n) is 2.37. The topological polar surface area (TPSA) is 112 Å². The predicted octanol–water partition coefficient (Wildman–Crippen LogP) is 2.34. The molecule has 3 aromatic rings. The molecule has 1 amide bonds. The number of amides is 1. The number of H-pyrrole nitrogens is 2. The van der Waals surface area contributed by atoms with Gasteiger partial charge in [-0.2, -0.15) is 5.10 Å². The Morgan fingerprint density at radius 3 is 2.93 bits per heavy atom. The summed E-state index contributed by atoms with van der Waals surface area (Å²) in [5.41, 5.74) is 3.62. The average Bonchev–Trinajstić information content (AvgIpc) is 2.60. The summed E-state index contributed by atoms with van der Waals surface area (Å²) >= 11 is 11.0. The first-order valence-corrected chi connectivity index (χ1v) is 8.52. The number of carbonyl (C=O) groups excluding carboxylic acids is 1. The number of aromatic amines is 2. The van der Waals surface area contributed by atoms with Crippen molar-refractivity contribution in [2.75, 3.05) is 7.11 Å². The zero-order valence-electron chi connectivity index (χ0n) is 14.1. The van der Waals surface area contributed by atoms with Gasteiger partial charge in [-0.15, -0.1) is 0 Å². The minimum absolute atomic E-state index is 0.0776. The Labute approximate surface area is 163 Å². The van der Waals surface area contributed by atoms with Gasteiger partial charge in [-0.1, -0.05) is 11.6 Å². The molecule has 0 aliphatic carbocycles. The number of pyridine rings is 1. The quantitative estimate of drug-likeness (QED) is 0.262. The molecule has 27 heavy (non-hydrogen) atoms. The number of fused-ring (bicyclic) bond motifs is 1. The van der Waals surface area contributed by atoms with E-state index in [4.69, 9.17) is 28.6 Å². The summed E-state index contributed by atoms with van der Waals surface area (Å²) in [5, 5.41) is 4.96. The Kier molecular flexibility index (Phi) is 5.63. The lowest BCUT2D eigenvalue weighted by atomic mass is 10.1. The second kappa shape index (κ2) is 8.11. The second-order valence-electron chi connectivity index (χ2n) is 5.51. The molecule has 10 heteroatoms. The van der Waals surface area contributed by atoms with E-state index >= 15 is 0 Å². The first-order chi connectivity index (χ1) is 12.9. The van der Waals surface area contributed by atoms with Crippen molar-refractivity contribution >= 4 is 46.8 Å². The van der Waals surface area contributed by atoms with Gasteiger partial charge in [0.25, 0.3) is 5.56 Å². The Morgan fingerprint density at radius 2 is 2.19 bits per heavy atom. The lowest BCUT2D eigenvalue weighted by molar-refractivity contribution is -0.120. The number of ether oxygens (including phenoxy) is 1. The van der Waals surface area contributed by atoms with Gasteiger partial charge in [0, 0.05) is 22.7 Å². The molecular weight excluding hydrogens is 390 g/mol. The number of hydrogen-bond donors (Lipinski definition) is 3. The van der Waals surface area contributed by atoms with Gasteiger partial charge in [-0.3, -0.25) is 14.6 Å². The van der Waals surface area contributed by atoms with Crippen LogP contribution in [0.1, 0.15) is 11.3 Å². The molecule has 0 unspecified atom stereocenters. The Hall–Kier alpha value is -3.04. The molecule has 0 aliphatic heterocycles. The van der Waals surface area contributed by atoms with Gasteiger partial charge in [-0.05, 0) is 36.5 Å². The van der Waals surface area contributed by atoms with Crippen LogP contribution in [0.25, 0.3) is 10.9 Å². The van der Waals surface area contributed by atoms with E-state index in [-0.39, 0.29) is 21.9 Å². The highest BCUT2D eigenvalue weighted by Gasteiger charge is 2.06. The predicted molar refractivity (Wildman–Crippen MR) is 105 cm³/mol. The van der Waals surface area contributed by atoms with Crippen molar-refractivity contribution in [2.45, 2.75) is 6.42 Å². The van der Waals surface area contributed by atoms with Gasteiger partial charge < -0.3 is 9.72 Å². The van der Waals surface area contributed by atoms with E-state index in [2.05, 4.69) is 25.5 Å². The van der Waals surface area contributed by atoms with E-state index in [9.17, 15) is 9.59 Å². The second-order valence-corrected chi connectivity index (χ2v) is 6.28. The summed E-state index contributed by atoms with van der Waals surface area (Å²) in [4.78, 5) is 32.7. The fraction of sp³-hybridized carbons (Fsp3) is 0.118. The standard InChI is InChI=1S/C17H14ClN5O3S/c1-26-12-2-3-13-9(5-12)4-10(16(18)21-13)8-19-23-15(25)7-11-6-14(24)22-17(27)20-11/h2-6,8H,7H2,1H3,(H,23,25)(H2,20,22,24,27)/b19-8-. The summed E-state index contributed by atoms with van der Waals surface area (Å²) in [6.07, 6.45) is 1.32. The van der Waals surface area contributed by atoms with Crippen molar-refractivity contribution in [3.63, 3.8) is 0 Å². The molecule has 0 saturated heterocycles. The van der Waals surface area contributed by atoms with Crippen LogP contribution in [-0.4, -0.2) is 34.2 Å². The lowest BCUT2D eigenvalue weighted by Crippen LogP contribution is -2.21. The molecule has 2 heterocycles. The first-order valence-electron chi connectivity index (χ1n) is 7.73. The number of nitrogens with one attached hydrogen (secondary N) is 3. The molecule has 0 radical (unpaired) electrons. The molecule has 0 fully saturated rings. The number of rotatable bonds is 5. The first kappa shape index (κ1) is 18.7. The van der Waals surface area contributed by atoms with Crippen molar-refractivity contribution in [1.29, 1.82) is 0 Å². The normalized spacial score (nSPS) is 11.0. The van der Waals surface area contributed by atoms with Gasteiger partial charge >= 0.3 is 0 Å². The Morgan fingerprint density at radius 1 is 1.37 bits per heavy atom. The minimum atomic E-state index is -0.422. The maximum atomic E-state index is 11.9.